The molecular formula is C19H18ClN5O2S. The van der Waals surface area contributed by atoms with Gasteiger partial charge in [0.15, 0.2) is 5.16 Å². The molecule has 0 fully saturated rings. The fourth-order valence-corrected chi connectivity index (χ4v) is 3.41. The standard InChI is InChI=1S/C19H18ClN5O2S/c1-13(26)23-16-6-2-4-14(8-16)10-21-18(27)11-28-19-24-22-12-25(19)17-7-3-5-15(20)9-17/h2-9,12H,10-11H2,1H3,(H,21,27)(H,23,26). The van der Waals surface area contributed by atoms with Gasteiger partial charge in [-0.05, 0) is 35.9 Å². The van der Waals surface area contributed by atoms with E-state index in [4.69, 9.17) is 11.6 Å². The van der Waals surface area contributed by atoms with Gasteiger partial charge in [0, 0.05) is 24.2 Å². The first-order valence-corrected chi connectivity index (χ1v) is 9.79. The number of carbonyl (C=O) groups is 2. The molecule has 2 aromatic carbocycles. The summed E-state index contributed by atoms with van der Waals surface area (Å²) in [5.41, 5.74) is 2.42. The molecule has 3 rings (SSSR count). The van der Waals surface area contributed by atoms with Gasteiger partial charge in [0.25, 0.3) is 0 Å². The Labute approximate surface area is 171 Å². The molecule has 0 aliphatic heterocycles. The Hall–Kier alpha value is -2.84. The summed E-state index contributed by atoms with van der Waals surface area (Å²) in [6, 6.07) is 14.7. The van der Waals surface area contributed by atoms with E-state index in [0.717, 1.165) is 11.3 Å². The molecule has 144 valence electrons. The van der Waals surface area contributed by atoms with Gasteiger partial charge in [-0.25, -0.2) is 0 Å². The highest BCUT2D eigenvalue weighted by atomic mass is 35.5. The first-order chi connectivity index (χ1) is 13.5. The molecule has 1 aromatic heterocycles. The summed E-state index contributed by atoms with van der Waals surface area (Å²) < 4.78 is 1.78. The van der Waals surface area contributed by atoms with E-state index in [-0.39, 0.29) is 17.6 Å². The molecule has 0 aliphatic rings. The third-order valence-corrected chi connectivity index (χ3v) is 4.85. The van der Waals surface area contributed by atoms with Gasteiger partial charge in [0.05, 0.1) is 11.4 Å². The first-order valence-electron chi connectivity index (χ1n) is 8.43. The molecular weight excluding hydrogens is 398 g/mol. The van der Waals surface area contributed by atoms with Crippen molar-refractivity contribution in [1.82, 2.24) is 20.1 Å². The summed E-state index contributed by atoms with van der Waals surface area (Å²) in [6.07, 6.45) is 1.58. The number of amides is 2. The zero-order valence-corrected chi connectivity index (χ0v) is 16.6. The lowest BCUT2D eigenvalue weighted by Gasteiger charge is -2.08. The summed E-state index contributed by atoms with van der Waals surface area (Å²) in [5, 5.41) is 14.8. The maximum atomic E-state index is 12.2. The summed E-state index contributed by atoms with van der Waals surface area (Å²) in [5.74, 6) is -0.0676. The van der Waals surface area contributed by atoms with E-state index in [2.05, 4.69) is 20.8 Å². The van der Waals surface area contributed by atoms with Crippen molar-refractivity contribution in [2.24, 2.45) is 0 Å². The Morgan fingerprint density at radius 3 is 2.79 bits per heavy atom. The van der Waals surface area contributed by atoms with Crippen LogP contribution in [-0.2, 0) is 16.1 Å². The minimum absolute atomic E-state index is 0.129. The summed E-state index contributed by atoms with van der Waals surface area (Å²) in [4.78, 5) is 23.3. The van der Waals surface area contributed by atoms with Gasteiger partial charge in [-0.1, -0.05) is 41.6 Å². The number of aromatic nitrogens is 3. The van der Waals surface area contributed by atoms with Crippen molar-refractivity contribution in [2.45, 2.75) is 18.6 Å². The monoisotopic (exact) mass is 415 g/mol. The van der Waals surface area contributed by atoms with Gasteiger partial charge in [-0.2, -0.15) is 0 Å². The Kier molecular flexibility index (Phi) is 6.67. The van der Waals surface area contributed by atoms with Gasteiger partial charge in [0.1, 0.15) is 6.33 Å². The Balaban J connectivity index is 1.54. The number of nitrogens with zero attached hydrogens (tertiary/aromatic N) is 3. The largest absolute Gasteiger partial charge is 0.351 e. The highest BCUT2D eigenvalue weighted by molar-refractivity contribution is 7.99. The topological polar surface area (TPSA) is 88.9 Å². The predicted molar refractivity (Wildman–Crippen MR) is 110 cm³/mol. The van der Waals surface area contributed by atoms with Gasteiger partial charge >= 0.3 is 0 Å². The number of thioether (sulfide) groups is 1. The molecule has 2 N–H and O–H groups in total. The van der Waals surface area contributed by atoms with Crippen molar-refractivity contribution in [3.63, 3.8) is 0 Å². The van der Waals surface area contributed by atoms with E-state index in [1.54, 1.807) is 29.1 Å². The molecule has 1 heterocycles. The number of nitrogens with one attached hydrogen (secondary N) is 2. The van der Waals surface area contributed by atoms with E-state index in [0.29, 0.717) is 22.4 Å². The fraction of sp³-hybridized carbons (Fsp3) is 0.158. The number of hydrogen-bond donors (Lipinski definition) is 2. The summed E-state index contributed by atoms with van der Waals surface area (Å²) >= 11 is 7.32. The number of benzene rings is 2. The SMILES string of the molecule is CC(=O)Nc1cccc(CNC(=O)CSc2nncn2-c2cccc(Cl)c2)c1. The Morgan fingerprint density at radius 1 is 1.18 bits per heavy atom. The molecule has 0 atom stereocenters. The number of halogens is 1. The van der Waals surface area contributed by atoms with Crippen LogP contribution in [-0.4, -0.2) is 32.3 Å². The molecule has 2 amide bonds. The van der Waals surface area contributed by atoms with Crippen LogP contribution in [0.1, 0.15) is 12.5 Å². The summed E-state index contributed by atoms with van der Waals surface area (Å²) in [7, 11) is 0. The molecule has 0 saturated carbocycles. The van der Waals surface area contributed by atoms with Crippen molar-refractivity contribution < 1.29 is 9.59 Å². The minimum atomic E-state index is -0.138. The Morgan fingerprint density at radius 2 is 2.00 bits per heavy atom. The molecule has 7 nitrogen and oxygen atoms in total. The second-order valence-corrected chi connectivity index (χ2v) is 7.29. The third kappa shape index (κ3) is 5.58. The molecule has 3 aromatic rings. The summed E-state index contributed by atoms with van der Waals surface area (Å²) in [6.45, 7) is 1.82. The smallest absolute Gasteiger partial charge is 0.230 e. The number of rotatable bonds is 7. The van der Waals surface area contributed by atoms with E-state index in [1.807, 2.05) is 30.3 Å². The maximum Gasteiger partial charge on any atom is 0.230 e. The van der Waals surface area contributed by atoms with Gasteiger partial charge in [0.2, 0.25) is 11.8 Å². The van der Waals surface area contributed by atoms with Crippen LogP contribution in [0.3, 0.4) is 0 Å². The number of carbonyl (C=O) groups excluding carboxylic acids is 2. The molecule has 9 heteroatoms. The normalized spacial score (nSPS) is 10.5. The minimum Gasteiger partial charge on any atom is -0.351 e. The second-order valence-electron chi connectivity index (χ2n) is 5.91. The van der Waals surface area contributed by atoms with E-state index >= 15 is 0 Å². The van der Waals surface area contributed by atoms with Crippen LogP contribution in [0.5, 0.6) is 0 Å². The van der Waals surface area contributed by atoms with E-state index < -0.39 is 0 Å². The average molecular weight is 416 g/mol. The van der Waals surface area contributed by atoms with Crippen LogP contribution >= 0.6 is 23.4 Å². The lowest BCUT2D eigenvalue weighted by atomic mass is 10.2. The van der Waals surface area contributed by atoms with Crippen molar-refractivity contribution >= 4 is 40.9 Å². The van der Waals surface area contributed by atoms with Gasteiger partial charge in [-0.3, -0.25) is 14.2 Å². The maximum absolute atomic E-state index is 12.2. The van der Waals surface area contributed by atoms with Crippen LogP contribution in [0.25, 0.3) is 5.69 Å². The van der Waals surface area contributed by atoms with Crippen molar-refractivity contribution in [3.05, 3.63) is 65.4 Å². The second kappa shape index (κ2) is 9.38. The van der Waals surface area contributed by atoms with Gasteiger partial charge in [-0.15, -0.1) is 10.2 Å². The molecule has 0 aliphatic carbocycles. The zero-order chi connectivity index (χ0) is 19.9. The van der Waals surface area contributed by atoms with Crippen LogP contribution in [0.2, 0.25) is 5.02 Å². The van der Waals surface area contributed by atoms with Crippen LogP contribution < -0.4 is 10.6 Å². The van der Waals surface area contributed by atoms with Crippen LogP contribution in [0, 0.1) is 0 Å². The molecule has 0 radical (unpaired) electrons. The molecule has 0 unspecified atom stereocenters. The van der Waals surface area contributed by atoms with E-state index in [1.165, 1.54) is 18.7 Å². The molecule has 28 heavy (non-hydrogen) atoms. The molecule has 0 spiro atoms. The highest BCUT2D eigenvalue weighted by Gasteiger charge is 2.10. The highest BCUT2D eigenvalue weighted by Crippen LogP contribution is 2.21. The van der Waals surface area contributed by atoms with Crippen LogP contribution in [0.4, 0.5) is 5.69 Å². The first kappa shape index (κ1) is 19.9. The quantitative estimate of drug-likeness (QED) is 0.578. The third-order valence-electron chi connectivity index (χ3n) is 3.67. The van der Waals surface area contributed by atoms with Crippen molar-refractivity contribution in [3.8, 4) is 5.69 Å². The lowest BCUT2D eigenvalue weighted by molar-refractivity contribution is -0.118. The Bertz CT molecular complexity index is 992. The average Bonchev–Trinajstić information content (AvgIpc) is 3.13. The lowest BCUT2D eigenvalue weighted by Crippen LogP contribution is -2.24. The van der Waals surface area contributed by atoms with Crippen LogP contribution in [0.15, 0.2) is 60.0 Å². The molecule has 0 bridgehead atoms. The zero-order valence-electron chi connectivity index (χ0n) is 15.1. The van der Waals surface area contributed by atoms with Crippen molar-refractivity contribution in [1.29, 1.82) is 0 Å². The van der Waals surface area contributed by atoms with Gasteiger partial charge < -0.3 is 10.6 Å². The van der Waals surface area contributed by atoms with Crippen molar-refractivity contribution in [2.75, 3.05) is 11.1 Å². The number of anilines is 1. The predicted octanol–water partition coefficient (Wildman–Crippen LogP) is 3.29. The fourth-order valence-electron chi connectivity index (χ4n) is 2.47. The van der Waals surface area contributed by atoms with E-state index in [9.17, 15) is 9.59 Å². The number of hydrogen-bond acceptors (Lipinski definition) is 5. The molecule has 0 saturated heterocycles.